The van der Waals surface area contributed by atoms with Gasteiger partial charge in [0, 0.05) is 19.3 Å². The normalized spacial score (nSPS) is 14.9. The molecule has 0 spiro atoms. The number of amides is 1. The lowest BCUT2D eigenvalue weighted by Crippen LogP contribution is -2.36. The van der Waals surface area contributed by atoms with Gasteiger partial charge in [0.1, 0.15) is 18.0 Å². The van der Waals surface area contributed by atoms with Gasteiger partial charge in [-0.25, -0.2) is 9.97 Å². The lowest BCUT2D eigenvalue weighted by atomic mass is 9.97. The summed E-state index contributed by atoms with van der Waals surface area (Å²) in [6.07, 6.45) is 1.56. The molecule has 0 aliphatic carbocycles. The third-order valence-corrected chi connectivity index (χ3v) is 4.47. The van der Waals surface area contributed by atoms with E-state index in [1.165, 1.54) is 0 Å². The Kier molecular flexibility index (Phi) is 4.85. The molecular formula is C20H27N5O. The van der Waals surface area contributed by atoms with Crippen molar-refractivity contribution in [1.82, 2.24) is 9.97 Å². The number of nitrogens with one attached hydrogen (secondary N) is 1. The van der Waals surface area contributed by atoms with Crippen LogP contribution >= 0.6 is 0 Å². The van der Waals surface area contributed by atoms with Crippen molar-refractivity contribution in [3.8, 4) is 0 Å². The van der Waals surface area contributed by atoms with E-state index < -0.39 is 0 Å². The van der Waals surface area contributed by atoms with Crippen LogP contribution in [0.2, 0.25) is 0 Å². The van der Waals surface area contributed by atoms with Crippen molar-refractivity contribution in [1.29, 1.82) is 0 Å². The van der Waals surface area contributed by atoms with Crippen molar-refractivity contribution in [2.45, 2.75) is 34.2 Å². The fourth-order valence-electron chi connectivity index (χ4n) is 3.07. The molecule has 1 aromatic heterocycles. The zero-order valence-electron chi connectivity index (χ0n) is 16.2. The number of hydrogen-bond donors (Lipinski definition) is 1. The molecule has 6 heteroatoms. The van der Waals surface area contributed by atoms with Gasteiger partial charge >= 0.3 is 0 Å². The Balaban J connectivity index is 2.02. The summed E-state index contributed by atoms with van der Waals surface area (Å²) in [5.41, 5.74) is 3.09. The van der Waals surface area contributed by atoms with E-state index in [-0.39, 0.29) is 17.9 Å². The first-order valence-corrected chi connectivity index (χ1v) is 8.91. The maximum Gasteiger partial charge on any atom is 0.246 e. The number of para-hydroxylation sites is 1. The van der Waals surface area contributed by atoms with Crippen molar-refractivity contribution in [2.75, 3.05) is 35.3 Å². The number of fused-ring (bicyclic) bond motifs is 1. The maximum absolute atomic E-state index is 12.9. The first-order chi connectivity index (χ1) is 12.3. The van der Waals surface area contributed by atoms with Gasteiger partial charge in [0.15, 0.2) is 0 Å². The average molecular weight is 353 g/mol. The summed E-state index contributed by atoms with van der Waals surface area (Å²) < 4.78 is 0. The van der Waals surface area contributed by atoms with Crippen LogP contribution in [-0.4, -0.2) is 36.0 Å². The SMILES string of the molecule is Cc1ccccc1N1Cc2c(NCC(C)(C)C)ncnc2N(C)CC1=O. The molecule has 1 aromatic carbocycles. The summed E-state index contributed by atoms with van der Waals surface area (Å²) in [6, 6.07) is 7.97. The second-order valence-electron chi connectivity index (χ2n) is 8.06. The van der Waals surface area contributed by atoms with Crippen LogP contribution in [0.25, 0.3) is 0 Å². The van der Waals surface area contributed by atoms with Crippen molar-refractivity contribution in [3.63, 3.8) is 0 Å². The van der Waals surface area contributed by atoms with Gasteiger partial charge in [0.25, 0.3) is 0 Å². The fourth-order valence-corrected chi connectivity index (χ4v) is 3.07. The largest absolute Gasteiger partial charge is 0.369 e. The van der Waals surface area contributed by atoms with Gasteiger partial charge in [-0.3, -0.25) is 4.79 Å². The third kappa shape index (κ3) is 3.79. The second-order valence-corrected chi connectivity index (χ2v) is 8.06. The number of carbonyl (C=O) groups is 1. The Morgan fingerprint density at radius 3 is 2.58 bits per heavy atom. The van der Waals surface area contributed by atoms with Crippen LogP contribution in [0.4, 0.5) is 17.3 Å². The van der Waals surface area contributed by atoms with E-state index in [0.29, 0.717) is 6.54 Å². The van der Waals surface area contributed by atoms with Gasteiger partial charge in [0.05, 0.1) is 18.7 Å². The van der Waals surface area contributed by atoms with E-state index in [1.54, 1.807) is 6.33 Å². The summed E-state index contributed by atoms with van der Waals surface area (Å²) in [5, 5.41) is 3.45. The molecule has 6 nitrogen and oxygen atoms in total. The molecule has 26 heavy (non-hydrogen) atoms. The lowest BCUT2D eigenvalue weighted by molar-refractivity contribution is -0.117. The lowest BCUT2D eigenvalue weighted by Gasteiger charge is -2.24. The second kappa shape index (κ2) is 6.94. The zero-order valence-corrected chi connectivity index (χ0v) is 16.2. The number of benzene rings is 1. The molecule has 3 rings (SSSR count). The van der Waals surface area contributed by atoms with Crippen molar-refractivity contribution in [3.05, 3.63) is 41.7 Å². The number of anilines is 3. The number of carbonyl (C=O) groups excluding carboxylic acids is 1. The van der Waals surface area contributed by atoms with Gasteiger partial charge in [0.2, 0.25) is 5.91 Å². The minimum atomic E-state index is 0.0570. The van der Waals surface area contributed by atoms with Crippen LogP contribution < -0.4 is 15.1 Å². The van der Waals surface area contributed by atoms with Crippen LogP contribution in [0.5, 0.6) is 0 Å². The number of nitrogens with zero attached hydrogens (tertiary/aromatic N) is 4. The predicted octanol–water partition coefficient (Wildman–Crippen LogP) is 3.23. The van der Waals surface area contributed by atoms with Crippen LogP contribution in [-0.2, 0) is 11.3 Å². The van der Waals surface area contributed by atoms with E-state index >= 15 is 0 Å². The molecule has 2 heterocycles. The van der Waals surface area contributed by atoms with Crippen LogP contribution in [0.1, 0.15) is 31.9 Å². The molecule has 1 amide bonds. The van der Waals surface area contributed by atoms with E-state index in [0.717, 1.165) is 35.0 Å². The van der Waals surface area contributed by atoms with Crippen molar-refractivity contribution in [2.24, 2.45) is 5.41 Å². The molecule has 2 aromatic rings. The standard InChI is InChI=1S/C20H27N5O/c1-14-8-6-7-9-16(14)25-10-15-18(21-12-20(2,3)4)22-13-23-19(15)24(5)11-17(25)26/h6-9,13H,10-12H2,1-5H3,(H,21,22,23). The van der Waals surface area contributed by atoms with Crippen LogP contribution in [0.15, 0.2) is 30.6 Å². The van der Waals surface area contributed by atoms with Gasteiger partial charge in [-0.15, -0.1) is 0 Å². The Labute approximate surface area is 155 Å². The molecule has 1 N–H and O–H groups in total. The highest BCUT2D eigenvalue weighted by atomic mass is 16.2. The van der Waals surface area contributed by atoms with E-state index in [9.17, 15) is 4.79 Å². The molecular weight excluding hydrogens is 326 g/mol. The summed E-state index contributed by atoms with van der Waals surface area (Å²) in [6.45, 7) is 10.1. The molecule has 0 saturated heterocycles. The number of rotatable bonds is 3. The molecule has 0 radical (unpaired) electrons. The molecule has 1 aliphatic rings. The predicted molar refractivity (Wildman–Crippen MR) is 106 cm³/mol. The summed E-state index contributed by atoms with van der Waals surface area (Å²) in [7, 11) is 1.90. The first-order valence-electron chi connectivity index (χ1n) is 8.91. The third-order valence-electron chi connectivity index (χ3n) is 4.47. The molecule has 0 atom stereocenters. The van der Waals surface area contributed by atoms with Gasteiger partial charge in [-0.05, 0) is 24.0 Å². The summed E-state index contributed by atoms with van der Waals surface area (Å²) >= 11 is 0. The first kappa shape index (κ1) is 18.2. The van der Waals surface area contributed by atoms with Crippen LogP contribution in [0, 0.1) is 12.3 Å². The fraction of sp³-hybridized carbons (Fsp3) is 0.450. The minimum Gasteiger partial charge on any atom is -0.369 e. The average Bonchev–Trinajstić information content (AvgIpc) is 2.70. The van der Waals surface area contributed by atoms with E-state index in [1.807, 2.05) is 48.0 Å². The van der Waals surface area contributed by atoms with Crippen molar-refractivity contribution < 1.29 is 4.79 Å². The molecule has 1 aliphatic heterocycles. The Bertz CT molecular complexity index is 812. The summed E-state index contributed by atoms with van der Waals surface area (Å²) in [4.78, 5) is 25.5. The van der Waals surface area contributed by atoms with Gasteiger partial charge in [-0.2, -0.15) is 0 Å². The Hall–Kier alpha value is -2.63. The Morgan fingerprint density at radius 2 is 1.88 bits per heavy atom. The van der Waals surface area contributed by atoms with Gasteiger partial charge in [-0.1, -0.05) is 39.0 Å². The molecule has 0 saturated carbocycles. The number of hydrogen-bond acceptors (Lipinski definition) is 5. The number of aryl methyl sites for hydroxylation is 1. The number of likely N-dealkylation sites (N-methyl/N-ethyl adjacent to an activating group) is 1. The zero-order chi connectivity index (χ0) is 18.9. The maximum atomic E-state index is 12.9. The van der Waals surface area contributed by atoms with Crippen LogP contribution in [0.3, 0.4) is 0 Å². The van der Waals surface area contributed by atoms with Gasteiger partial charge < -0.3 is 15.1 Å². The van der Waals surface area contributed by atoms with E-state index in [4.69, 9.17) is 0 Å². The number of aromatic nitrogens is 2. The quantitative estimate of drug-likeness (QED) is 0.918. The molecule has 0 unspecified atom stereocenters. The Morgan fingerprint density at radius 1 is 1.15 bits per heavy atom. The highest BCUT2D eigenvalue weighted by molar-refractivity contribution is 5.98. The topological polar surface area (TPSA) is 61.4 Å². The van der Waals surface area contributed by atoms with E-state index in [2.05, 4.69) is 36.1 Å². The minimum absolute atomic E-state index is 0.0570. The monoisotopic (exact) mass is 353 g/mol. The molecule has 0 bridgehead atoms. The molecule has 138 valence electrons. The molecule has 0 fully saturated rings. The smallest absolute Gasteiger partial charge is 0.246 e. The highest BCUT2D eigenvalue weighted by Gasteiger charge is 2.28. The summed E-state index contributed by atoms with van der Waals surface area (Å²) in [5.74, 6) is 1.66. The highest BCUT2D eigenvalue weighted by Crippen LogP contribution is 2.31. The van der Waals surface area contributed by atoms with Crippen molar-refractivity contribution >= 4 is 23.2 Å².